The zero-order chi connectivity index (χ0) is 17.6. The number of carbonyl (C=O) groups is 1. The van der Waals surface area contributed by atoms with E-state index in [2.05, 4.69) is 16.5 Å². The third kappa shape index (κ3) is 4.69. The number of halogens is 1. The van der Waals surface area contributed by atoms with Crippen LogP contribution in [-0.4, -0.2) is 38.5 Å². The number of amides is 1. The Kier molecular flexibility index (Phi) is 6.24. The number of rotatable bonds is 5. The molecule has 1 aliphatic heterocycles. The van der Waals surface area contributed by atoms with E-state index in [4.69, 9.17) is 16.3 Å². The van der Waals surface area contributed by atoms with Gasteiger partial charge in [-0.3, -0.25) is 4.79 Å². The number of morpholine rings is 1. The minimum atomic E-state index is -0.132. The summed E-state index contributed by atoms with van der Waals surface area (Å²) < 4.78 is 5.41. The lowest BCUT2D eigenvalue weighted by Gasteiger charge is -2.30. The monoisotopic (exact) mass is 376 g/mol. The maximum Gasteiger partial charge on any atom is 0.255 e. The number of nitrogens with zero attached hydrogens (tertiary/aromatic N) is 1. The highest BCUT2D eigenvalue weighted by Crippen LogP contribution is 2.30. The predicted molar refractivity (Wildman–Crippen MR) is 106 cm³/mol. The summed E-state index contributed by atoms with van der Waals surface area (Å²) in [5, 5.41) is 3.60. The van der Waals surface area contributed by atoms with Crippen molar-refractivity contribution in [3.63, 3.8) is 0 Å². The Morgan fingerprint density at radius 1 is 1.20 bits per heavy atom. The molecule has 25 heavy (non-hydrogen) atoms. The second kappa shape index (κ2) is 8.61. The fourth-order valence-electron chi connectivity index (χ4n) is 2.80. The maximum absolute atomic E-state index is 12.6. The van der Waals surface area contributed by atoms with Gasteiger partial charge in [-0.15, -0.1) is 0 Å². The summed E-state index contributed by atoms with van der Waals surface area (Å²) in [6, 6.07) is 13.3. The molecule has 0 unspecified atom stereocenters. The summed E-state index contributed by atoms with van der Waals surface area (Å²) in [6.07, 6.45) is 2.06. The van der Waals surface area contributed by atoms with Gasteiger partial charge in [-0.25, -0.2) is 0 Å². The Labute approximate surface area is 157 Å². The summed E-state index contributed by atoms with van der Waals surface area (Å²) in [5.74, 6) is 0.810. The Balaban J connectivity index is 1.79. The lowest BCUT2D eigenvalue weighted by Crippen LogP contribution is -2.36. The average Bonchev–Trinajstić information content (AvgIpc) is 2.63. The van der Waals surface area contributed by atoms with Crippen LogP contribution in [0.2, 0.25) is 5.02 Å². The lowest BCUT2D eigenvalue weighted by molar-refractivity contribution is 0.102. The molecule has 1 N–H and O–H groups in total. The number of nitrogens with one attached hydrogen (secondary N) is 1. The second-order valence-corrected chi connectivity index (χ2v) is 7.15. The van der Waals surface area contributed by atoms with Crippen LogP contribution in [0, 0.1) is 0 Å². The second-order valence-electron chi connectivity index (χ2n) is 5.84. The summed E-state index contributed by atoms with van der Waals surface area (Å²) in [4.78, 5) is 14.8. The molecule has 1 heterocycles. The van der Waals surface area contributed by atoms with E-state index in [1.165, 1.54) is 5.56 Å². The van der Waals surface area contributed by atoms with Crippen molar-refractivity contribution in [2.45, 2.75) is 5.75 Å². The van der Waals surface area contributed by atoms with Gasteiger partial charge in [-0.05, 0) is 42.2 Å². The molecule has 4 nitrogen and oxygen atoms in total. The van der Waals surface area contributed by atoms with Gasteiger partial charge in [0.2, 0.25) is 0 Å². The van der Waals surface area contributed by atoms with Crippen LogP contribution in [0.3, 0.4) is 0 Å². The Bertz CT molecular complexity index is 731. The zero-order valence-electron chi connectivity index (χ0n) is 14.1. The highest BCUT2D eigenvalue weighted by Gasteiger charge is 2.17. The molecular weight excluding hydrogens is 356 g/mol. The molecule has 0 bridgehead atoms. The fraction of sp³-hybridized carbons (Fsp3) is 0.316. The largest absolute Gasteiger partial charge is 0.378 e. The van der Waals surface area contributed by atoms with Crippen LogP contribution >= 0.6 is 23.4 Å². The van der Waals surface area contributed by atoms with E-state index < -0.39 is 0 Å². The molecule has 0 aromatic heterocycles. The number of thioether (sulfide) groups is 1. The number of ether oxygens (including phenoxy) is 1. The molecule has 1 saturated heterocycles. The first-order valence-electron chi connectivity index (χ1n) is 8.19. The summed E-state index contributed by atoms with van der Waals surface area (Å²) in [5.41, 5.74) is 3.55. The van der Waals surface area contributed by atoms with Crippen LogP contribution in [-0.2, 0) is 10.5 Å². The van der Waals surface area contributed by atoms with Crippen molar-refractivity contribution in [1.82, 2.24) is 0 Å². The van der Waals surface area contributed by atoms with Gasteiger partial charge in [0.15, 0.2) is 0 Å². The van der Waals surface area contributed by atoms with Crippen molar-refractivity contribution in [1.29, 1.82) is 0 Å². The minimum absolute atomic E-state index is 0.132. The zero-order valence-corrected chi connectivity index (χ0v) is 15.7. The normalized spacial score (nSPS) is 14.4. The van der Waals surface area contributed by atoms with Crippen molar-refractivity contribution in [2.75, 3.05) is 42.8 Å². The molecule has 1 amide bonds. The van der Waals surface area contributed by atoms with E-state index in [1.54, 1.807) is 17.8 Å². The quantitative estimate of drug-likeness (QED) is 0.845. The topological polar surface area (TPSA) is 41.6 Å². The van der Waals surface area contributed by atoms with Crippen LogP contribution in [0.4, 0.5) is 11.4 Å². The number of hydrogen-bond donors (Lipinski definition) is 1. The van der Waals surface area contributed by atoms with Crippen LogP contribution in [0.25, 0.3) is 0 Å². The SMILES string of the molecule is CSCc1ccc(C(=O)Nc2cc(Cl)ccc2N2CCOCC2)cc1. The van der Waals surface area contributed by atoms with Gasteiger partial charge in [-0.2, -0.15) is 11.8 Å². The molecule has 1 fully saturated rings. The molecule has 0 spiro atoms. The Morgan fingerprint density at radius 3 is 2.60 bits per heavy atom. The Morgan fingerprint density at radius 2 is 1.92 bits per heavy atom. The van der Waals surface area contributed by atoms with E-state index in [0.29, 0.717) is 23.8 Å². The molecule has 6 heteroatoms. The number of hydrogen-bond acceptors (Lipinski definition) is 4. The first-order valence-corrected chi connectivity index (χ1v) is 9.96. The van der Waals surface area contributed by atoms with Crippen molar-refractivity contribution in [2.24, 2.45) is 0 Å². The summed E-state index contributed by atoms with van der Waals surface area (Å²) >= 11 is 7.90. The van der Waals surface area contributed by atoms with Crippen molar-refractivity contribution in [3.8, 4) is 0 Å². The number of benzene rings is 2. The fourth-order valence-corrected chi connectivity index (χ4v) is 3.50. The van der Waals surface area contributed by atoms with E-state index >= 15 is 0 Å². The molecule has 0 aliphatic carbocycles. The minimum Gasteiger partial charge on any atom is -0.378 e. The van der Waals surface area contributed by atoms with Crippen LogP contribution in [0.5, 0.6) is 0 Å². The van der Waals surface area contributed by atoms with Crippen molar-refractivity contribution < 1.29 is 9.53 Å². The molecule has 0 saturated carbocycles. The van der Waals surface area contributed by atoms with Crippen LogP contribution < -0.4 is 10.2 Å². The maximum atomic E-state index is 12.6. The molecule has 1 aliphatic rings. The molecule has 3 rings (SSSR count). The molecule has 2 aromatic carbocycles. The van der Waals surface area contributed by atoms with Gasteiger partial charge in [0.1, 0.15) is 0 Å². The number of carbonyl (C=O) groups excluding carboxylic acids is 1. The Hall–Kier alpha value is -1.69. The van der Waals surface area contributed by atoms with Gasteiger partial charge in [0.05, 0.1) is 24.6 Å². The summed E-state index contributed by atoms with van der Waals surface area (Å²) in [6.45, 7) is 2.97. The molecule has 0 atom stereocenters. The molecule has 2 aromatic rings. The average molecular weight is 377 g/mol. The predicted octanol–water partition coefficient (Wildman–Crippen LogP) is 4.29. The first kappa shape index (κ1) is 18.1. The van der Waals surface area contributed by atoms with E-state index in [9.17, 15) is 4.79 Å². The van der Waals surface area contributed by atoms with E-state index in [-0.39, 0.29) is 5.91 Å². The van der Waals surface area contributed by atoms with Crippen molar-refractivity contribution >= 4 is 40.6 Å². The van der Waals surface area contributed by atoms with E-state index in [1.807, 2.05) is 36.4 Å². The van der Waals surface area contributed by atoms with Gasteiger partial charge in [-0.1, -0.05) is 23.7 Å². The van der Waals surface area contributed by atoms with Crippen LogP contribution in [0.1, 0.15) is 15.9 Å². The van der Waals surface area contributed by atoms with Crippen LogP contribution in [0.15, 0.2) is 42.5 Å². The number of anilines is 2. The highest BCUT2D eigenvalue weighted by atomic mass is 35.5. The molecule has 0 radical (unpaired) electrons. The summed E-state index contributed by atoms with van der Waals surface area (Å²) in [7, 11) is 0. The van der Waals surface area contributed by atoms with E-state index in [0.717, 1.165) is 30.2 Å². The third-order valence-electron chi connectivity index (χ3n) is 4.09. The van der Waals surface area contributed by atoms with Gasteiger partial charge < -0.3 is 15.0 Å². The highest BCUT2D eigenvalue weighted by molar-refractivity contribution is 7.97. The standard InChI is InChI=1S/C19H21ClN2O2S/c1-25-13-14-2-4-15(5-3-14)19(23)21-17-12-16(20)6-7-18(17)22-8-10-24-11-9-22/h2-7,12H,8-11,13H2,1H3,(H,21,23). The molecular formula is C19H21ClN2O2S. The van der Waals surface area contributed by atoms with Gasteiger partial charge >= 0.3 is 0 Å². The smallest absolute Gasteiger partial charge is 0.255 e. The van der Waals surface area contributed by atoms with Gasteiger partial charge in [0.25, 0.3) is 5.91 Å². The van der Waals surface area contributed by atoms with Gasteiger partial charge in [0, 0.05) is 29.4 Å². The molecule has 132 valence electrons. The third-order valence-corrected chi connectivity index (χ3v) is 4.94. The lowest BCUT2D eigenvalue weighted by atomic mass is 10.1. The van der Waals surface area contributed by atoms with Crippen molar-refractivity contribution in [3.05, 3.63) is 58.6 Å². The first-order chi connectivity index (χ1) is 12.2.